The summed E-state index contributed by atoms with van der Waals surface area (Å²) in [6, 6.07) is 9.25. The van der Waals surface area contributed by atoms with Crippen LogP contribution in [-0.4, -0.2) is 27.9 Å². The first-order valence-corrected chi connectivity index (χ1v) is 9.88. The van der Waals surface area contributed by atoms with Crippen LogP contribution in [0.2, 0.25) is 0 Å². The van der Waals surface area contributed by atoms with E-state index in [0.29, 0.717) is 30.1 Å². The number of hydrogen-bond acceptors (Lipinski definition) is 4. The van der Waals surface area contributed by atoms with E-state index in [4.69, 9.17) is 4.42 Å². The van der Waals surface area contributed by atoms with Crippen LogP contribution in [0.1, 0.15) is 81.4 Å². The van der Waals surface area contributed by atoms with Gasteiger partial charge in [0.15, 0.2) is 5.69 Å². The lowest BCUT2D eigenvalue weighted by molar-refractivity contribution is 0.0938. The number of hydrogen-bond donors (Lipinski definition) is 1. The maximum Gasteiger partial charge on any atom is 0.273 e. The number of rotatable bonds is 9. The van der Waals surface area contributed by atoms with Crippen molar-refractivity contribution in [2.45, 2.75) is 79.1 Å². The van der Waals surface area contributed by atoms with Crippen molar-refractivity contribution in [2.75, 3.05) is 0 Å². The maximum atomic E-state index is 12.1. The number of aromatic nitrogens is 1. The van der Waals surface area contributed by atoms with Crippen molar-refractivity contribution >= 4 is 5.91 Å². The van der Waals surface area contributed by atoms with E-state index in [0.717, 1.165) is 13.0 Å². The monoisotopic (exact) mass is 371 g/mol. The predicted octanol–water partition coefficient (Wildman–Crippen LogP) is 4.74. The Balaban J connectivity index is 2.08. The Kier molecular flexibility index (Phi) is 7.60. The van der Waals surface area contributed by atoms with Gasteiger partial charge in [0.1, 0.15) is 6.26 Å². The van der Waals surface area contributed by atoms with E-state index in [1.54, 1.807) is 0 Å². The van der Waals surface area contributed by atoms with Gasteiger partial charge in [-0.25, -0.2) is 4.98 Å². The third-order valence-electron chi connectivity index (χ3n) is 4.79. The maximum absolute atomic E-state index is 12.1. The Morgan fingerprint density at radius 2 is 1.78 bits per heavy atom. The molecule has 0 radical (unpaired) electrons. The summed E-state index contributed by atoms with van der Waals surface area (Å²) in [4.78, 5) is 18.8. The Morgan fingerprint density at radius 1 is 1.11 bits per heavy atom. The van der Waals surface area contributed by atoms with Crippen LogP contribution in [0.4, 0.5) is 0 Å². The van der Waals surface area contributed by atoms with Gasteiger partial charge in [-0.3, -0.25) is 9.69 Å². The molecule has 1 unspecified atom stereocenters. The summed E-state index contributed by atoms with van der Waals surface area (Å²) in [7, 11) is 0. The Labute approximate surface area is 163 Å². The molecule has 148 valence electrons. The molecule has 0 aliphatic carbocycles. The molecule has 27 heavy (non-hydrogen) atoms. The molecular formula is C22H33N3O2. The highest BCUT2D eigenvalue weighted by molar-refractivity contribution is 5.92. The van der Waals surface area contributed by atoms with E-state index in [1.165, 1.54) is 17.4 Å². The summed E-state index contributed by atoms with van der Waals surface area (Å²) in [6.45, 7) is 14.0. The number of amides is 1. The molecule has 2 rings (SSSR count). The zero-order chi connectivity index (χ0) is 20.0. The molecular weight excluding hydrogens is 338 g/mol. The lowest BCUT2D eigenvalue weighted by atomic mass is 10.0. The molecule has 0 aliphatic heterocycles. The fourth-order valence-electron chi connectivity index (χ4n) is 2.87. The number of carbonyl (C=O) groups is 1. The molecule has 0 bridgehead atoms. The lowest BCUT2D eigenvalue weighted by Gasteiger charge is -2.27. The minimum atomic E-state index is -0.195. The number of benzene rings is 1. The normalized spacial score (nSPS) is 12.8. The fraction of sp³-hybridized carbons (Fsp3) is 0.545. The molecule has 1 heterocycles. The standard InChI is InChI=1S/C22H33N3O2/c1-7-17(6)25(12-18-8-10-19(11-9-18)15(2)3)13-21-24-20(14-27-21)22(26)23-16(4)5/h8-11,14-17H,7,12-13H2,1-6H3,(H,23,26). The quantitative estimate of drug-likeness (QED) is 0.692. The van der Waals surface area contributed by atoms with E-state index in [-0.39, 0.29) is 11.9 Å². The zero-order valence-corrected chi connectivity index (χ0v) is 17.5. The van der Waals surface area contributed by atoms with E-state index in [1.807, 2.05) is 13.8 Å². The highest BCUT2D eigenvalue weighted by Crippen LogP contribution is 2.18. The first-order valence-electron chi connectivity index (χ1n) is 9.88. The average molecular weight is 372 g/mol. The van der Waals surface area contributed by atoms with Crippen LogP contribution in [0.15, 0.2) is 34.9 Å². The van der Waals surface area contributed by atoms with E-state index in [2.05, 4.69) is 67.2 Å². The molecule has 5 nitrogen and oxygen atoms in total. The van der Waals surface area contributed by atoms with Gasteiger partial charge in [-0.15, -0.1) is 0 Å². The molecule has 0 spiro atoms. The summed E-state index contributed by atoms with van der Waals surface area (Å²) in [5.74, 6) is 0.912. The van der Waals surface area contributed by atoms with Crippen LogP contribution >= 0.6 is 0 Å². The van der Waals surface area contributed by atoms with E-state index >= 15 is 0 Å². The number of oxazole rings is 1. The summed E-state index contributed by atoms with van der Waals surface area (Å²) >= 11 is 0. The van der Waals surface area contributed by atoms with Gasteiger partial charge in [-0.2, -0.15) is 0 Å². The molecule has 2 aromatic rings. The van der Waals surface area contributed by atoms with Crippen molar-refractivity contribution < 1.29 is 9.21 Å². The highest BCUT2D eigenvalue weighted by Gasteiger charge is 2.18. The second-order valence-corrected chi connectivity index (χ2v) is 7.81. The zero-order valence-electron chi connectivity index (χ0n) is 17.5. The first-order chi connectivity index (χ1) is 12.8. The topological polar surface area (TPSA) is 58.4 Å². The van der Waals surface area contributed by atoms with Crippen molar-refractivity contribution in [1.82, 2.24) is 15.2 Å². The van der Waals surface area contributed by atoms with Gasteiger partial charge in [-0.05, 0) is 44.2 Å². The minimum absolute atomic E-state index is 0.0723. The van der Waals surface area contributed by atoms with Crippen LogP contribution in [-0.2, 0) is 13.1 Å². The smallest absolute Gasteiger partial charge is 0.273 e. The molecule has 0 saturated heterocycles. The number of carbonyl (C=O) groups excluding carboxylic acids is 1. The Bertz CT molecular complexity index is 719. The number of nitrogens with one attached hydrogen (secondary N) is 1. The van der Waals surface area contributed by atoms with Crippen LogP contribution in [0.5, 0.6) is 0 Å². The average Bonchev–Trinajstić information content (AvgIpc) is 3.09. The van der Waals surface area contributed by atoms with E-state index in [9.17, 15) is 4.79 Å². The van der Waals surface area contributed by atoms with Crippen molar-refractivity contribution in [3.8, 4) is 0 Å². The summed E-state index contributed by atoms with van der Waals surface area (Å²) in [5.41, 5.74) is 2.95. The van der Waals surface area contributed by atoms with Crippen molar-refractivity contribution in [3.63, 3.8) is 0 Å². The molecule has 1 N–H and O–H groups in total. The molecule has 0 fully saturated rings. The molecule has 1 aromatic heterocycles. The number of nitrogens with zero attached hydrogens (tertiary/aromatic N) is 2. The second-order valence-electron chi connectivity index (χ2n) is 7.81. The summed E-state index contributed by atoms with van der Waals surface area (Å²) < 4.78 is 5.57. The van der Waals surface area contributed by atoms with Crippen molar-refractivity contribution in [3.05, 3.63) is 53.2 Å². The van der Waals surface area contributed by atoms with Gasteiger partial charge in [-0.1, -0.05) is 45.0 Å². The van der Waals surface area contributed by atoms with Crippen LogP contribution < -0.4 is 5.32 Å². The minimum Gasteiger partial charge on any atom is -0.447 e. The van der Waals surface area contributed by atoms with Gasteiger partial charge in [0.05, 0.1) is 6.54 Å². The lowest BCUT2D eigenvalue weighted by Crippen LogP contribution is -2.32. The fourth-order valence-corrected chi connectivity index (χ4v) is 2.87. The highest BCUT2D eigenvalue weighted by atomic mass is 16.3. The van der Waals surface area contributed by atoms with Crippen molar-refractivity contribution in [1.29, 1.82) is 0 Å². The van der Waals surface area contributed by atoms with Crippen LogP contribution in [0, 0.1) is 0 Å². The van der Waals surface area contributed by atoms with E-state index < -0.39 is 0 Å². The predicted molar refractivity (Wildman–Crippen MR) is 109 cm³/mol. The second kappa shape index (κ2) is 9.70. The third kappa shape index (κ3) is 6.21. The van der Waals surface area contributed by atoms with Crippen molar-refractivity contribution in [2.24, 2.45) is 0 Å². The van der Waals surface area contributed by atoms with Crippen LogP contribution in [0.25, 0.3) is 0 Å². The molecule has 1 amide bonds. The molecule has 1 aromatic carbocycles. The first kappa shape index (κ1) is 21.2. The van der Waals surface area contributed by atoms with Crippen LogP contribution in [0.3, 0.4) is 0 Å². The summed E-state index contributed by atoms with van der Waals surface area (Å²) in [6.07, 6.45) is 2.48. The van der Waals surface area contributed by atoms with Gasteiger partial charge in [0.2, 0.25) is 5.89 Å². The third-order valence-corrected chi connectivity index (χ3v) is 4.79. The molecule has 1 atom stereocenters. The molecule has 0 aliphatic rings. The van der Waals surface area contributed by atoms with Gasteiger partial charge in [0.25, 0.3) is 5.91 Å². The molecule has 5 heteroatoms. The van der Waals surface area contributed by atoms with Gasteiger partial charge in [0, 0.05) is 18.6 Å². The largest absolute Gasteiger partial charge is 0.447 e. The summed E-state index contributed by atoms with van der Waals surface area (Å²) in [5, 5.41) is 2.84. The van der Waals surface area contributed by atoms with Gasteiger partial charge >= 0.3 is 0 Å². The Morgan fingerprint density at radius 3 is 2.33 bits per heavy atom. The van der Waals surface area contributed by atoms with Gasteiger partial charge < -0.3 is 9.73 Å². The Hall–Kier alpha value is -2.14. The molecule has 0 saturated carbocycles. The SMILES string of the molecule is CCC(C)N(Cc1ccc(C(C)C)cc1)Cc1nc(C(=O)NC(C)C)co1.